The lowest BCUT2D eigenvalue weighted by molar-refractivity contribution is -0.122. The van der Waals surface area contributed by atoms with Crippen LogP contribution in [0.5, 0.6) is 0 Å². The number of nitrogens with one attached hydrogen (secondary N) is 1. The van der Waals surface area contributed by atoms with Crippen molar-refractivity contribution in [2.45, 2.75) is 51.5 Å². The molecule has 0 radical (unpaired) electrons. The van der Waals surface area contributed by atoms with E-state index in [-0.39, 0.29) is 30.7 Å². The Morgan fingerprint density at radius 3 is 2.74 bits per heavy atom. The Morgan fingerprint density at radius 2 is 1.91 bits per heavy atom. The van der Waals surface area contributed by atoms with Crippen LogP contribution in [0.15, 0.2) is 36.5 Å². The minimum atomic E-state index is -0.0296. The zero-order chi connectivity index (χ0) is 16.2. The minimum Gasteiger partial charge on any atom is -0.353 e. The Morgan fingerprint density at radius 1 is 1.13 bits per heavy atom. The number of aromatic nitrogens is 1. The van der Waals surface area contributed by atoms with E-state index in [0.29, 0.717) is 5.92 Å². The van der Waals surface area contributed by atoms with Gasteiger partial charge in [-0.1, -0.05) is 38.0 Å². The molecule has 0 aliphatic heterocycles. The molecule has 4 heteroatoms. The van der Waals surface area contributed by atoms with Crippen molar-refractivity contribution in [3.8, 4) is 0 Å². The normalized spacial score (nSPS) is 21.3. The molecule has 2 atom stereocenters. The van der Waals surface area contributed by atoms with E-state index in [1.807, 2.05) is 30.3 Å². The second-order valence-electron chi connectivity index (χ2n) is 6.57. The molecule has 2 unspecified atom stereocenters. The number of rotatable bonds is 4. The van der Waals surface area contributed by atoms with Gasteiger partial charge in [0.2, 0.25) is 11.8 Å². The minimum absolute atomic E-state index is 0.00596. The molecule has 23 heavy (non-hydrogen) atoms. The summed E-state index contributed by atoms with van der Waals surface area (Å²) in [7, 11) is 0. The molecule has 1 saturated carbocycles. The van der Waals surface area contributed by atoms with E-state index in [4.69, 9.17) is 0 Å². The van der Waals surface area contributed by atoms with Crippen LogP contribution in [0, 0.1) is 5.92 Å². The lowest BCUT2D eigenvalue weighted by Gasteiger charge is -2.29. The Balaban J connectivity index is 1.55. The van der Waals surface area contributed by atoms with Crippen LogP contribution in [0.4, 0.5) is 0 Å². The number of hydrogen-bond donors (Lipinski definition) is 1. The third-order valence-electron chi connectivity index (χ3n) is 4.89. The van der Waals surface area contributed by atoms with Crippen LogP contribution in [0.2, 0.25) is 0 Å². The van der Waals surface area contributed by atoms with Gasteiger partial charge in [0.1, 0.15) is 0 Å². The summed E-state index contributed by atoms with van der Waals surface area (Å²) in [5.41, 5.74) is 0.902. The first-order chi connectivity index (χ1) is 11.1. The molecule has 0 saturated heterocycles. The van der Waals surface area contributed by atoms with Gasteiger partial charge in [-0.15, -0.1) is 0 Å². The molecule has 1 fully saturated rings. The van der Waals surface area contributed by atoms with Crippen LogP contribution in [0.3, 0.4) is 0 Å². The first-order valence-electron chi connectivity index (χ1n) is 8.54. The summed E-state index contributed by atoms with van der Waals surface area (Å²) in [4.78, 5) is 24.5. The van der Waals surface area contributed by atoms with Crippen molar-refractivity contribution >= 4 is 22.7 Å². The molecule has 1 N–H and O–H groups in total. The van der Waals surface area contributed by atoms with E-state index in [1.165, 1.54) is 19.3 Å². The van der Waals surface area contributed by atoms with Gasteiger partial charge < -0.3 is 5.32 Å². The maximum Gasteiger partial charge on any atom is 0.231 e. The first kappa shape index (κ1) is 15.8. The molecule has 1 amide bonds. The van der Waals surface area contributed by atoms with Gasteiger partial charge in [0, 0.05) is 30.5 Å². The fourth-order valence-corrected chi connectivity index (χ4v) is 3.45. The zero-order valence-electron chi connectivity index (χ0n) is 13.6. The molecule has 122 valence electrons. The highest BCUT2D eigenvalue weighted by Crippen LogP contribution is 2.23. The molecule has 2 aromatic rings. The second-order valence-corrected chi connectivity index (χ2v) is 6.57. The summed E-state index contributed by atoms with van der Waals surface area (Å²) in [6, 6.07) is 9.99. The molecule has 4 nitrogen and oxygen atoms in total. The maximum atomic E-state index is 12.4. The van der Waals surface area contributed by atoms with E-state index < -0.39 is 0 Å². The Labute approximate surface area is 136 Å². The monoisotopic (exact) mass is 312 g/mol. The van der Waals surface area contributed by atoms with E-state index >= 15 is 0 Å². The number of hydrogen-bond acceptors (Lipinski definition) is 2. The smallest absolute Gasteiger partial charge is 0.231 e. The van der Waals surface area contributed by atoms with Gasteiger partial charge >= 0.3 is 0 Å². The lowest BCUT2D eigenvalue weighted by Crippen LogP contribution is -2.41. The molecular formula is C19H24N2O2. The van der Waals surface area contributed by atoms with Crippen LogP contribution in [-0.4, -0.2) is 22.4 Å². The number of carbonyl (C=O) groups excluding carboxylic acids is 2. The largest absolute Gasteiger partial charge is 0.353 e. The topological polar surface area (TPSA) is 51.1 Å². The van der Waals surface area contributed by atoms with Crippen molar-refractivity contribution in [2.24, 2.45) is 5.92 Å². The molecule has 0 spiro atoms. The number of nitrogens with zero attached hydrogens (tertiary/aromatic N) is 1. The average Bonchev–Trinajstić information content (AvgIpc) is 2.99. The molecular weight excluding hydrogens is 288 g/mol. The van der Waals surface area contributed by atoms with Crippen molar-refractivity contribution in [2.75, 3.05) is 0 Å². The Kier molecular flexibility index (Phi) is 4.79. The summed E-state index contributed by atoms with van der Waals surface area (Å²) < 4.78 is 1.64. The number of amides is 1. The summed E-state index contributed by atoms with van der Waals surface area (Å²) in [5.74, 6) is 0.503. The van der Waals surface area contributed by atoms with E-state index in [0.717, 1.165) is 17.3 Å². The van der Waals surface area contributed by atoms with Crippen LogP contribution in [0.1, 0.15) is 50.2 Å². The summed E-state index contributed by atoms with van der Waals surface area (Å²) >= 11 is 0. The fourth-order valence-electron chi connectivity index (χ4n) is 3.45. The predicted octanol–water partition coefficient (Wildman–Crippen LogP) is 3.76. The van der Waals surface area contributed by atoms with Crippen molar-refractivity contribution in [1.82, 2.24) is 9.88 Å². The Hall–Kier alpha value is -2.10. The average molecular weight is 312 g/mol. The van der Waals surface area contributed by atoms with Gasteiger partial charge in [-0.05, 0) is 30.9 Å². The van der Waals surface area contributed by atoms with Gasteiger partial charge in [-0.2, -0.15) is 0 Å². The molecule has 1 aliphatic carbocycles. The molecule has 0 bridgehead atoms. The summed E-state index contributed by atoms with van der Waals surface area (Å²) in [6.07, 6.45) is 6.97. The molecule has 1 aliphatic rings. The summed E-state index contributed by atoms with van der Waals surface area (Å²) in [6.45, 7) is 2.20. The van der Waals surface area contributed by atoms with E-state index in [2.05, 4.69) is 12.2 Å². The number of benzene rings is 1. The van der Waals surface area contributed by atoms with Crippen molar-refractivity contribution in [1.29, 1.82) is 0 Å². The zero-order valence-corrected chi connectivity index (χ0v) is 13.6. The standard InChI is InChI=1S/C19H24N2O2/c1-14-6-2-4-8-16(14)20-18(22)10-11-19(23)21-13-12-15-7-3-5-9-17(15)21/h3,5,7,9,12-14,16H,2,4,6,8,10-11H2,1H3,(H,20,22). The van der Waals surface area contributed by atoms with Crippen LogP contribution < -0.4 is 5.32 Å². The second kappa shape index (κ2) is 6.99. The SMILES string of the molecule is CC1CCCCC1NC(=O)CCC(=O)n1ccc2ccccc21. The van der Waals surface area contributed by atoms with Crippen molar-refractivity contribution < 1.29 is 9.59 Å². The highest BCUT2D eigenvalue weighted by atomic mass is 16.2. The van der Waals surface area contributed by atoms with E-state index in [1.54, 1.807) is 10.8 Å². The van der Waals surface area contributed by atoms with Crippen molar-refractivity contribution in [3.05, 3.63) is 36.5 Å². The maximum absolute atomic E-state index is 12.4. The molecule has 3 rings (SSSR count). The fraction of sp³-hybridized carbons (Fsp3) is 0.474. The number of fused-ring (bicyclic) bond motifs is 1. The van der Waals surface area contributed by atoms with Gasteiger partial charge in [0.05, 0.1) is 5.52 Å². The van der Waals surface area contributed by atoms with Crippen LogP contribution >= 0.6 is 0 Å². The number of para-hydroxylation sites is 1. The van der Waals surface area contributed by atoms with Gasteiger partial charge in [-0.25, -0.2) is 0 Å². The lowest BCUT2D eigenvalue weighted by atomic mass is 9.86. The first-order valence-corrected chi connectivity index (χ1v) is 8.54. The highest BCUT2D eigenvalue weighted by Gasteiger charge is 2.23. The summed E-state index contributed by atoms with van der Waals surface area (Å²) in [5, 5.41) is 4.15. The predicted molar refractivity (Wildman–Crippen MR) is 91.4 cm³/mol. The quantitative estimate of drug-likeness (QED) is 0.934. The van der Waals surface area contributed by atoms with Gasteiger partial charge in [0.25, 0.3) is 0 Å². The van der Waals surface area contributed by atoms with Crippen LogP contribution in [-0.2, 0) is 4.79 Å². The van der Waals surface area contributed by atoms with Crippen molar-refractivity contribution in [3.63, 3.8) is 0 Å². The Bertz CT molecular complexity index is 704. The van der Waals surface area contributed by atoms with E-state index in [9.17, 15) is 9.59 Å². The van der Waals surface area contributed by atoms with Gasteiger partial charge in [0.15, 0.2) is 0 Å². The number of carbonyl (C=O) groups is 2. The molecule has 1 aromatic carbocycles. The van der Waals surface area contributed by atoms with Crippen LogP contribution in [0.25, 0.3) is 10.9 Å². The third kappa shape index (κ3) is 3.63. The molecule has 1 heterocycles. The van der Waals surface area contributed by atoms with Gasteiger partial charge in [-0.3, -0.25) is 14.2 Å². The third-order valence-corrected chi connectivity index (χ3v) is 4.89. The highest BCUT2D eigenvalue weighted by molar-refractivity contribution is 5.93. The molecule has 1 aromatic heterocycles.